The molecule has 0 bridgehead atoms. The number of nitrogens with zero attached hydrogens (tertiary/aromatic N) is 1. The van der Waals surface area contributed by atoms with Crippen LogP contribution in [0.15, 0.2) is 42.5 Å². The summed E-state index contributed by atoms with van der Waals surface area (Å²) in [6.07, 6.45) is 5.37. The molecule has 0 unspecified atom stereocenters. The molecule has 1 saturated heterocycles. The number of carbonyl (C=O) groups excluding carboxylic acids is 2. The lowest BCUT2D eigenvalue weighted by atomic mass is 10.0. The van der Waals surface area contributed by atoms with E-state index < -0.39 is 6.09 Å². The van der Waals surface area contributed by atoms with Crippen molar-refractivity contribution in [3.05, 3.63) is 53.6 Å². The van der Waals surface area contributed by atoms with Crippen LogP contribution < -0.4 is 27.5 Å². The summed E-state index contributed by atoms with van der Waals surface area (Å²) >= 11 is 0. The van der Waals surface area contributed by atoms with Gasteiger partial charge in [-0.3, -0.25) is 15.0 Å². The Balaban J connectivity index is 0.00000306. The summed E-state index contributed by atoms with van der Waals surface area (Å²) in [5, 5.41) is 2.81. The average molecular weight is 472 g/mol. The molecule has 2 aromatic rings. The molecular weight excluding hydrogens is 438 g/mol. The molecule has 178 valence electrons. The van der Waals surface area contributed by atoms with Crippen molar-refractivity contribution in [1.82, 2.24) is 0 Å². The number of hydrogen-bond acceptors (Lipinski definition) is 3. The molecular formula is C26H34ClN3O3. The highest BCUT2D eigenvalue weighted by Gasteiger charge is 2.27. The van der Waals surface area contributed by atoms with Crippen molar-refractivity contribution in [2.45, 2.75) is 58.5 Å². The fourth-order valence-electron chi connectivity index (χ4n) is 4.73. The molecule has 2 amide bonds. The third-order valence-electron chi connectivity index (χ3n) is 6.31. The van der Waals surface area contributed by atoms with Gasteiger partial charge >= 0.3 is 6.09 Å². The van der Waals surface area contributed by atoms with Gasteiger partial charge in [0.2, 0.25) is 5.91 Å². The Bertz CT molecular complexity index is 973. The zero-order valence-electron chi connectivity index (χ0n) is 19.5. The van der Waals surface area contributed by atoms with Gasteiger partial charge < -0.3 is 22.0 Å². The Labute approximate surface area is 202 Å². The molecule has 0 spiro atoms. The van der Waals surface area contributed by atoms with Gasteiger partial charge in [0.25, 0.3) is 0 Å². The molecule has 2 heterocycles. The fraction of sp³-hybridized carbons (Fsp3) is 0.462. The van der Waals surface area contributed by atoms with Gasteiger partial charge in [0.05, 0.1) is 43.5 Å². The number of para-hydroxylation sites is 1. The number of ether oxygens (including phenoxy) is 1. The number of anilines is 3. The fourth-order valence-corrected chi connectivity index (χ4v) is 4.73. The largest absolute Gasteiger partial charge is 1.00 e. The highest BCUT2D eigenvalue weighted by atomic mass is 35.5. The molecule has 2 aromatic carbocycles. The quantitative estimate of drug-likeness (QED) is 0.680. The van der Waals surface area contributed by atoms with E-state index in [1.54, 1.807) is 0 Å². The summed E-state index contributed by atoms with van der Waals surface area (Å²) in [6.45, 7) is 6.82. The van der Waals surface area contributed by atoms with Crippen molar-refractivity contribution in [3.63, 3.8) is 0 Å². The smallest absolute Gasteiger partial charge is 0.411 e. The number of carbonyl (C=O) groups is 2. The normalized spacial score (nSPS) is 15.7. The lowest BCUT2D eigenvalue weighted by molar-refractivity contribution is -0.904. The molecule has 0 saturated carbocycles. The third kappa shape index (κ3) is 6.27. The van der Waals surface area contributed by atoms with E-state index in [-0.39, 0.29) is 24.4 Å². The highest BCUT2D eigenvalue weighted by molar-refractivity contribution is 6.03. The Morgan fingerprint density at radius 2 is 1.70 bits per heavy atom. The molecule has 0 radical (unpaired) electrons. The minimum Gasteiger partial charge on any atom is -1.00 e. The predicted molar refractivity (Wildman–Crippen MR) is 127 cm³/mol. The van der Waals surface area contributed by atoms with E-state index in [0.29, 0.717) is 12.1 Å². The van der Waals surface area contributed by atoms with Gasteiger partial charge in [-0.05, 0) is 75.3 Å². The monoisotopic (exact) mass is 471 g/mol. The number of rotatable bonds is 5. The number of nitrogens with one attached hydrogen (secondary N) is 2. The summed E-state index contributed by atoms with van der Waals surface area (Å²) in [7, 11) is 0. The van der Waals surface area contributed by atoms with E-state index in [1.165, 1.54) is 29.7 Å². The lowest BCUT2D eigenvalue weighted by Gasteiger charge is -2.27. The summed E-state index contributed by atoms with van der Waals surface area (Å²) in [6, 6.07) is 14.0. The van der Waals surface area contributed by atoms with E-state index >= 15 is 0 Å². The molecule has 0 aromatic heterocycles. The summed E-state index contributed by atoms with van der Waals surface area (Å²) in [5.41, 5.74) is 4.73. The second kappa shape index (κ2) is 11.5. The maximum absolute atomic E-state index is 13.6. The number of quaternary nitrogens is 1. The molecule has 2 aliphatic heterocycles. The minimum atomic E-state index is -0.486. The van der Waals surface area contributed by atoms with Gasteiger partial charge in [-0.15, -0.1) is 0 Å². The van der Waals surface area contributed by atoms with Crippen molar-refractivity contribution in [3.8, 4) is 0 Å². The summed E-state index contributed by atoms with van der Waals surface area (Å²) in [5.74, 6) is 0.112. The van der Waals surface area contributed by atoms with Gasteiger partial charge in [0.1, 0.15) is 0 Å². The molecule has 6 nitrogen and oxygen atoms in total. The van der Waals surface area contributed by atoms with Crippen molar-refractivity contribution in [2.24, 2.45) is 0 Å². The first kappa shape index (κ1) is 25.1. The first-order valence-electron chi connectivity index (χ1n) is 11.9. The van der Waals surface area contributed by atoms with Crippen LogP contribution in [-0.2, 0) is 22.4 Å². The summed E-state index contributed by atoms with van der Waals surface area (Å²) in [4.78, 5) is 29.1. The van der Waals surface area contributed by atoms with Crippen LogP contribution in [0, 0.1) is 0 Å². The van der Waals surface area contributed by atoms with E-state index in [1.807, 2.05) is 55.1 Å². The van der Waals surface area contributed by atoms with Gasteiger partial charge in [0.15, 0.2) is 0 Å². The van der Waals surface area contributed by atoms with Crippen LogP contribution in [-0.4, -0.2) is 37.7 Å². The maximum atomic E-state index is 13.6. The Kier molecular flexibility index (Phi) is 8.75. The Hall–Kier alpha value is -2.57. The molecule has 0 atom stereocenters. The predicted octanol–water partition coefficient (Wildman–Crippen LogP) is 0.870. The van der Waals surface area contributed by atoms with Crippen LogP contribution in [0.25, 0.3) is 0 Å². The molecule has 7 heteroatoms. The molecule has 1 fully saturated rings. The zero-order chi connectivity index (χ0) is 22.5. The molecule has 4 rings (SSSR count). The van der Waals surface area contributed by atoms with Crippen molar-refractivity contribution in [1.29, 1.82) is 0 Å². The highest BCUT2D eigenvalue weighted by Crippen LogP contribution is 2.38. The lowest BCUT2D eigenvalue weighted by Crippen LogP contribution is -3.12. The average Bonchev–Trinajstić information content (AvgIpc) is 2.94. The van der Waals surface area contributed by atoms with E-state index in [0.717, 1.165) is 49.4 Å². The number of fused-ring (bicyclic) bond motifs is 2. The maximum Gasteiger partial charge on any atom is 0.411 e. The molecule has 2 N–H and O–H groups in total. The SMILES string of the molecule is CC(C)OC(=O)Nc1ccc2c(c1)N(C(=O)CC[NH+]1CCCCC1)c1ccccc1CC2.[Cl-]. The number of piperidine rings is 1. The molecule has 2 aliphatic rings. The van der Waals surface area contributed by atoms with Crippen LogP contribution in [0.5, 0.6) is 0 Å². The van der Waals surface area contributed by atoms with Gasteiger partial charge in [0, 0.05) is 5.69 Å². The number of amides is 2. The van der Waals surface area contributed by atoms with Gasteiger partial charge in [-0.1, -0.05) is 24.3 Å². The minimum absolute atomic E-state index is 0. The second-order valence-corrected chi connectivity index (χ2v) is 9.09. The van der Waals surface area contributed by atoms with Crippen molar-refractivity contribution < 1.29 is 31.6 Å². The van der Waals surface area contributed by atoms with E-state index in [4.69, 9.17) is 4.74 Å². The number of hydrogen-bond donors (Lipinski definition) is 2. The summed E-state index contributed by atoms with van der Waals surface area (Å²) < 4.78 is 5.23. The first-order chi connectivity index (χ1) is 15.5. The standard InChI is InChI=1S/C26H33N3O3.ClH/c1-19(2)32-26(31)27-22-13-12-21-11-10-20-8-4-5-9-23(20)29(24(21)18-22)25(30)14-17-28-15-6-3-7-16-28;/h4-5,8-9,12-13,18-19H,3,6-7,10-11,14-17H2,1-2H3,(H,27,31);1H. The topological polar surface area (TPSA) is 63.1 Å². The third-order valence-corrected chi connectivity index (χ3v) is 6.31. The van der Waals surface area contributed by atoms with Crippen molar-refractivity contribution in [2.75, 3.05) is 29.9 Å². The number of aryl methyl sites for hydroxylation is 2. The van der Waals surface area contributed by atoms with E-state index in [9.17, 15) is 9.59 Å². The van der Waals surface area contributed by atoms with Crippen LogP contribution in [0.2, 0.25) is 0 Å². The molecule has 0 aliphatic carbocycles. The van der Waals surface area contributed by atoms with Crippen LogP contribution in [0.4, 0.5) is 21.9 Å². The number of halogens is 1. The van der Waals surface area contributed by atoms with Crippen molar-refractivity contribution >= 4 is 29.1 Å². The first-order valence-corrected chi connectivity index (χ1v) is 11.9. The van der Waals surface area contributed by atoms with Crippen LogP contribution >= 0.6 is 0 Å². The van der Waals surface area contributed by atoms with Gasteiger partial charge in [-0.2, -0.15) is 0 Å². The van der Waals surface area contributed by atoms with E-state index in [2.05, 4.69) is 11.4 Å². The zero-order valence-corrected chi connectivity index (χ0v) is 20.3. The number of likely N-dealkylation sites (tertiary alicyclic amines) is 1. The second-order valence-electron chi connectivity index (χ2n) is 9.09. The van der Waals surface area contributed by atoms with Crippen LogP contribution in [0.1, 0.15) is 50.7 Å². The van der Waals surface area contributed by atoms with Gasteiger partial charge in [-0.25, -0.2) is 4.79 Å². The van der Waals surface area contributed by atoms with Crippen LogP contribution in [0.3, 0.4) is 0 Å². The number of benzene rings is 2. The Morgan fingerprint density at radius 1 is 1.00 bits per heavy atom. The molecule has 33 heavy (non-hydrogen) atoms. The Morgan fingerprint density at radius 3 is 2.42 bits per heavy atom.